The first kappa shape index (κ1) is 11.5. The van der Waals surface area contributed by atoms with E-state index in [9.17, 15) is 15.0 Å². The van der Waals surface area contributed by atoms with Gasteiger partial charge in [0, 0.05) is 5.92 Å². The monoisotopic (exact) mass is 206 g/mol. The van der Waals surface area contributed by atoms with Crippen LogP contribution in [0.2, 0.25) is 0 Å². The lowest BCUT2D eigenvalue weighted by molar-refractivity contribution is -0.249. The van der Waals surface area contributed by atoms with Gasteiger partial charge in [-0.15, -0.1) is 0 Å². The van der Waals surface area contributed by atoms with Crippen molar-refractivity contribution in [3.8, 4) is 0 Å². The van der Waals surface area contributed by atoms with Crippen LogP contribution in [0.5, 0.6) is 0 Å². The lowest BCUT2D eigenvalue weighted by atomic mass is 9.62. The molecule has 14 heavy (non-hydrogen) atoms. The van der Waals surface area contributed by atoms with Crippen LogP contribution < -0.4 is 0 Å². The van der Waals surface area contributed by atoms with Crippen molar-refractivity contribution in [3.05, 3.63) is 0 Å². The fourth-order valence-corrected chi connectivity index (χ4v) is 1.66. The number of Topliss-reactive ketones (excluding diaryl/α,β-unsaturated/α-hetero) is 1. The van der Waals surface area contributed by atoms with Crippen molar-refractivity contribution >= 4 is 5.78 Å². The zero-order valence-electron chi connectivity index (χ0n) is 7.66. The van der Waals surface area contributed by atoms with Gasteiger partial charge >= 0.3 is 0 Å². The van der Waals surface area contributed by atoms with Crippen LogP contribution in [0, 0.1) is 5.92 Å². The molecule has 5 atom stereocenters. The predicted octanol–water partition coefficient (Wildman–Crippen LogP) is -2.99. The van der Waals surface area contributed by atoms with Crippen LogP contribution in [0.3, 0.4) is 0 Å². The zero-order chi connectivity index (χ0) is 11.1. The smallest absolute Gasteiger partial charge is 0.198 e. The summed E-state index contributed by atoms with van der Waals surface area (Å²) in [5, 5.41) is 45.5. The Kier molecular flexibility index (Phi) is 2.93. The van der Waals surface area contributed by atoms with Gasteiger partial charge in [0.1, 0.15) is 12.2 Å². The highest BCUT2D eigenvalue weighted by Crippen LogP contribution is 2.40. The lowest BCUT2D eigenvalue weighted by Crippen LogP contribution is -2.74. The molecule has 1 aliphatic rings. The number of ketones is 1. The molecule has 0 aromatic rings. The first-order valence-electron chi connectivity index (χ1n) is 4.29. The van der Waals surface area contributed by atoms with E-state index in [-0.39, 0.29) is 0 Å². The standard InChI is InChI=1S/C8H14O6/c1-3-5(11)7(13)8(3,14)6(12)4(10)2-9/h3-5,7,9-11,13-14H,2H2,1H3/t3?,4-,5?,7+,8-/m0/s1. The molecule has 0 spiro atoms. The number of rotatable bonds is 3. The van der Waals surface area contributed by atoms with Crippen molar-refractivity contribution in [1.29, 1.82) is 0 Å². The van der Waals surface area contributed by atoms with Crippen molar-refractivity contribution in [2.24, 2.45) is 5.92 Å². The molecule has 1 saturated carbocycles. The van der Waals surface area contributed by atoms with E-state index in [0.29, 0.717) is 0 Å². The van der Waals surface area contributed by atoms with E-state index in [2.05, 4.69) is 0 Å². The van der Waals surface area contributed by atoms with E-state index in [4.69, 9.17) is 15.3 Å². The van der Waals surface area contributed by atoms with Crippen molar-refractivity contribution < 1.29 is 30.3 Å². The van der Waals surface area contributed by atoms with E-state index in [1.807, 2.05) is 0 Å². The average Bonchev–Trinajstić information content (AvgIpc) is 2.23. The minimum absolute atomic E-state index is 0.823. The summed E-state index contributed by atoms with van der Waals surface area (Å²) in [6, 6.07) is 0. The van der Waals surface area contributed by atoms with Gasteiger partial charge in [0.2, 0.25) is 0 Å². The van der Waals surface area contributed by atoms with Crippen LogP contribution in [0.15, 0.2) is 0 Å². The fraction of sp³-hybridized carbons (Fsp3) is 0.875. The Morgan fingerprint density at radius 3 is 2.36 bits per heavy atom. The maximum absolute atomic E-state index is 11.3. The molecular weight excluding hydrogens is 192 g/mol. The topological polar surface area (TPSA) is 118 Å². The molecule has 0 radical (unpaired) electrons. The molecule has 6 heteroatoms. The molecule has 0 saturated heterocycles. The molecule has 2 unspecified atom stereocenters. The van der Waals surface area contributed by atoms with Crippen molar-refractivity contribution in [1.82, 2.24) is 0 Å². The molecule has 1 rings (SSSR count). The third-order valence-corrected chi connectivity index (χ3v) is 2.85. The van der Waals surface area contributed by atoms with Crippen LogP contribution in [0.1, 0.15) is 6.92 Å². The van der Waals surface area contributed by atoms with Crippen molar-refractivity contribution in [3.63, 3.8) is 0 Å². The molecule has 0 aromatic heterocycles. The summed E-state index contributed by atoms with van der Waals surface area (Å²) in [5.74, 6) is -1.92. The molecule has 0 heterocycles. The minimum atomic E-state index is -2.15. The van der Waals surface area contributed by atoms with Gasteiger partial charge in [0.15, 0.2) is 11.4 Å². The quantitative estimate of drug-likeness (QED) is 0.336. The van der Waals surface area contributed by atoms with Crippen LogP contribution in [0.4, 0.5) is 0 Å². The van der Waals surface area contributed by atoms with E-state index >= 15 is 0 Å². The highest BCUT2D eigenvalue weighted by Gasteiger charge is 2.63. The highest BCUT2D eigenvalue weighted by molar-refractivity contribution is 5.93. The number of carbonyl (C=O) groups is 1. The first-order valence-corrected chi connectivity index (χ1v) is 4.29. The Labute approximate surface area is 80.4 Å². The minimum Gasteiger partial charge on any atom is -0.393 e. The van der Waals surface area contributed by atoms with Gasteiger partial charge in [-0.1, -0.05) is 6.92 Å². The summed E-state index contributed by atoms with van der Waals surface area (Å²) in [4.78, 5) is 11.3. The molecule has 0 bridgehead atoms. The second-order valence-electron chi connectivity index (χ2n) is 3.61. The number of hydrogen-bond donors (Lipinski definition) is 5. The van der Waals surface area contributed by atoms with Crippen LogP contribution in [0.25, 0.3) is 0 Å². The van der Waals surface area contributed by atoms with E-state index in [0.717, 1.165) is 0 Å². The largest absolute Gasteiger partial charge is 0.393 e. The molecule has 1 aliphatic carbocycles. The Balaban J connectivity index is 2.81. The second kappa shape index (κ2) is 3.56. The van der Waals surface area contributed by atoms with E-state index in [1.54, 1.807) is 0 Å². The summed E-state index contributed by atoms with van der Waals surface area (Å²) in [6.45, 7) is 0.552. The highest BCUT2D eigenvalue weighted by atomic mass is 16.4. The van der Waals surface area contributed by atoms with Gasteiger partial charge in [0.05, 0.1) is 12.7 Å². The third-order valence-electron chi connectivity index (χ3n) is 2.85. The Hall–Kier alpha value is -0.530. The first-order chi connectivity index (χ1) is 6.37. The Morgan fingerprint density at radius 1 is 1.50 bits per heavy atom. The average molecular weight is 206 g/mol. The summed E-state index contributed by atoms with van der Waals surface area (Å²) in [7, 11) is 0. The molecule has 82 valence electrons. The summed E-state index contributed by atoms with van der Waals surface area (Å²) in [5.41, 5.74) is -2.15. The van der Waals surface area contributed by atoms with Crippen molar-refractivity contribution in [2.45, 2.75) is 30.8 Å². The van der Waals surface area contributed by atoms with Gasteiger partial charge in [-0.2, -0.15) is 0 Å². The van der Waals surface area contributed by atoms with Gasteiger partial charge in [-0.25, -0.2) is 0 Å². The number of aliphatic hydroxyl groups excluding tert-OH is 4. The van der Waals surface area contributed by atoms with Gasteiger partial charge in [-0.05, 0) is 0 Å². The molecule has 0 aliphatic heterocycles. The number of aliphatic hydroxyl groups is 5. The normalized spacial score (nSPS) is 44.3. The van der Waals surface area contributed by atoms with E-state index < -0.39 is 42.2 Å². The Morgan fingerprint density at radius 2 is 2.00 bits per heavy atom. The predicted molar refractivity (Wildman–Crippen MR) is 44.2 cm³/mol. The van der Waals surface area contributed by atoms with Crippen LogP contribution in [-0.4, -0.2) is 61.8 Å². The number of carbonyl (C=O) groups excluding carboxylic acids is 1. The van der Waals surface area contributed by atoms with Crippen LogP contribution in [-0.2, 0) is 4.79 Å². The summed E-state index contributed by atoms with van der Waals surface area (Å²) >= 11 is 0. The van der Waals surface area contributed by atoms with Gasteiger partial charge < -0.3 is 25.5 Å². The SMILES string of the molecule is CC1C(O)[C@@H](O)[C@@]1(O)C(=O)[C@@H](O)CO. The number of hydrogen-bond acceptors (Lipinski definition) is 6. The third kappa shape index (κ3) is 1.27. The molecule has 0 aromatic carbocycles. The van der Waals surface area contributed by atoms with Crippen molar-refractivity contribution in [2.75, 3.05) is 6.61 Å². The molecule has 5 N–H and O–H groups in total. The lowest BCUT2D eigenvalue weighted by Gasteiger charge is -2.51. The van der Waals surface area contributed by atoms with Gasteiger partial charge in [0.25, 0.3) is 0 Å². The van der Waals surface area contributed by atoms with Gasteiger partial charge in [-0.3, -0.25) is 4.79 Å². The fourth-order valence-electron chi connectivity index (χ4n) is 1.66. The van der Waals surface area contributed by atoms with E-state index in [1.165, 1.54) is 6.92 Å². The zero-order valence-corrected chi connectivity index (χ0v) is 7.66. The van der Waals surface area contributed by atoms with Crippen LogP contribution >= 0.6 is 0 Å². The summed E-state index contributed by atoms with van der Waals surface area (Å²) in [6.07, 6.45) is -4.52. The Bertz CT molecular complexity index is 230. The molecule has 6 nitrogen and oxygen atoms in total. The maximum atomic E-state index is 11.3. The maximum Gasteiger partial charge on any atom is 0.198 e. The molecule has 0 amide bonds. The summed E-state index contributed by atoms with van der Waals surface area (Å²) < 4.78 is 0. The molecular formula is C8H14O6. The second-order valence-corrected chi connectivity index (χ2v) is 3.61. The molecule has 1 fully saturated rings.